The molecule has 1 aliphatic heterocycles. The molecule has 0 aliphatic carbocycles. The second-order valence-corrected chi connectivity index (χ2v) is 7.97. The van der Waals surface area contributed by atoms with Gasteiger partial charge in [-0.25, -0.2) is 4.84 Å². The maximum absolute atomic E-state index is 13.6. The van der Waals surface area contributed by atoms with Crippen molar-refractivity contribution in [2.75, 3.05) is 7.11 Å². The minimum atomic E-state index is -4.73. The molecule has 1 aliphatic rings. The highest BCUT2D eigenvalue weighted by Gasteiger charge is 2.34. The molecule has 2 N–H and O–H groups in total. The number of carbonyl (C=O) groups is 3. The number of halogens is 4. The highest BCUT2D eigenvalue weighted by Crippen LogP contribution is 2.38. The maximum atomic E-state index is 13.6. The Morgan fingerprint density at radius 1 is 1.18 bits per heavy atom. The molecule has 1 atom stereocenters. The molecule has 33 heavy (non-hydrogen) atoms. The fraction of sp³-hybridized carbons (Fsp3) is 0.190. The van der Waals surface area contributed by atoms with Gasteiger partial charge in [-0.05, 0) is 71.4 Å². The summed E-state index contributed by atoms with van der Waals surface area (Å²) < 4.78 is 51.0. The number of hydrogen-bond donors (Lipinski definition) is 2. The van der Waals surface area contributed by atoms with Gasteiger partial charge in [-0.3, -0.25) is 19.7 Å². The predicted octanol–water partition coefficient (Wildman–Crippen LogP) is 4.65. The van der Waals surface area contributed by atoms with Crippen LogP contribution in [0.15, 0.2) is 47.4 Å². The predicted molar refractivity (Wildman–Crippen MR) is 116 cm³/mol. The van der Waals surface area contributed by atoms with Crippen LogP contribution in [-0.2, 0) is 26.9 Å². The minimum absolute atomic E-state index is 0.0771. The normalized spacial score (nSPS) is 16.0. The number of rotatable bonds is 7. The molecule has 2 aromatic rings. The molecule has 0 bridgehead atoms. The van der Waals surface area contributed by atoms with Crippen molar-refractivity contribution in [1.82, 2.24) is 10.2 Å². The van der Waals surface area contributed by atoms with Crippen LogP contribution in [-0.4, -0.2) is 30.3 Å². The molecule has 0 spiro atoms. The Morgan fingerprint density at radius 2 is 1.85 bits per heavy atom. The van der Waals surface area contributed by atoms with Gasteiger partial charge < -0.3 is 9.47 Å². The number of methoxy groups -OCH3 is 1. The van der Waals surface area contributed by atoms with E-state index in [2.05, 4.69) is 9.57 Å². The van der Waals surface area contributed by atoms with Crippen molar-refractivity contribution in [3.8, 4) is 11.5 Å². The first kappa shape index (κ1) is 24.6. The fourth-order valence-corrected chi connectivity index (χ4v) is 3.75. The zero-order chi connectivity index (χ0) is 24.2. The van der Waals surface area contributed by atoms with Gasteiger partial charge in [0.2, 0.25) is 0 Å². The largest absolute Gasteiger partial charge is 0.468 e. The van der Waals surface area contributed by atoms with Crippen LogP contribution in [0.25, 0.3) is 6.08 Å². The van der Waals surface area contributed by atoms with Crippen LogP contribution in [0, 0.1) is 0 Å². The quantitative estimate of drug-likeness (QED) is 0.325. The van der Waals surface area contributed by atoms with E-state index in [0.29, 0.717) is 17.3 Å². The molecular formula is C21H16ClF3N2O5S. The first-order valence-electron chi connectivity index (χ1n) is 9.27. The number of nitrogens with one attached hydrogen (secondary N) is 2. The van der Waals surface area contributed by atoms with E-state index in [-0.39, 0.29) is 28.4 Å². The monoisotopic (exact) mass is 500 g/mol. The molecule has 0 saturated carbocycles. The van der Waals surface area contributed by atoms with Crippen LogP contribution in [0.3, 0.4) is 0 Å². The lowest BCUT2D eigenvalue weighted by atomic mass is 10.1. The topological polar surface area (TPSA) is 93.7 Å². The lowest BCUT2D eigenvalue weighted by Crippen LogP contribution is -2.33. The number of amides is 2. The van der Waals surface area contributed by atoms with Gasteiger partial charge in [-0.15, -0.1) is 0 Å². The third kappa shape index (κ3) is 6.28. The van der Waals surface area contributed by atoms with Crippen LogP contribution in [0.4, 0.5) is 18.0 Å². The molecule has 1 heterocycles. The number of hydrogen-bond acceptors (Lipinski definition) is 7. The van der Waals surface area contributed by atoms with Crippen molar-refractivity contribution >= 4 is 46.7 Å². The summed E-state index contributed by atoms with van der Waals surface area (Å²) in [7, 11) is 1.23. The van der Waals surface area contributed by atoms with Crippen molar-refractivity contribution in [3.63, 3.8) is 0 Å². The van der Waals surface area contributed by atoms with E-state index in [1.54, 1.807) is 12.1 Å². The third-order valence-electron chi connectivity index (χ3n) is 4.48. The number of imide groups is 1. The average molecular weight is 501 g/mol. The molecule has 7 nitrogen and oxygen atoms in total. The maximum Gasteiger partial charge on any atom is 0.417 e. The summed E-state index contributed by atoms with van der Waals surface area (Å²) in [4.78, 5) is 36.7. The van der Waals surface area contributed by atoms with Crippen molar-refractivity contribution in [1.29, 1.82) is 0 Å². The Bertz CT molecular complexity index is 1110. The van der Waals surface area contributed by atoms with E-state index in [1.165, 1.54) is 25.3 Å². The molecular weight excluding hydrogens is 485 g/mol. The molecule has 0 radical (unpaired) electrons. The van der Waals surface area contributed by atoms with Crippen molar-refractivity contribution in [2.24, 2.45) is 0 Å². The Balaban J connectivity index is 1.80. The van der Waals surface area contributed by atoms with E-state index < -0.39 is 34.9 Å². The lowest BCUT2D eigenvalue weighted by molar-refractivity contribution is -0.142. The second-order valence-electron chi connectivity index (χ2n) is 6.73. The number of esters is 1. The molecule has 2 amide bonds. The molecule has 1 saturated heterocycles. The Hall–Kier alpha value is -3.02. The summed E-state index contributed by atoms with van der Waals surface area (Å²) in [6, 6.07) is 8.85. The number of thioether (sulfide) groups is 1. The van der Waals surface area contributed by atoms with E-state index in [0.717, 1.165) is 18.2 Å². The van der Waals surface area contributed by atoms with Gasteiger partial charge in [0.05, 0.1) is 17.6 Å². The van der Waals surface area contributed by atoms with Gasteiger partial charge >= 0.3 is 12.1 Å². The van der Waals surface area contributed by atoms with Crippen molar-refractivity contribution < 1.29 is 37.0 Å². The first-order valence-corrected chi connectivity index (χ1v) is 10.5. The standard InChI is InChI=1S/C21H16ClF3N2O5S/c1-31-19(29)16(27-22)8-11-2-5-13(6-3-11)32-14-7-4-12(15(10-14)21(23,24)25)9-17-18(28)26-20(30)33-17/h2-7,9-10,16,27H,8H2,1H3,(H,26,28,30)/b17-9-/t16-/m0/s1. The van der Waals surface area contributed by atoms with Crippen molar-refractivity contribution in [2.45, 2.75) is 18.6 Å². The van der Waals surface area contributed by atoms with Gasteiger partial charge in [-0.2, -0.15) is 13.2 Å². The first-order chi connectivity index (χ1) is 15.6. The summed E-state index contributed by atoms with van der Waals surface area (Å²) >= 11 is 6.08. The Labute approximate surface area is 195 Å². The number of benzene rings is 2. The minimum Gasteiger partial charge on any atom is -0.468 e. The summed E-state index contributed by atoms with van der Waals surface area (Å²) in [5.74, 6) is -1.11. The van der Waals surface area contributed by atoms with Crippen LogP contribution < -0.4 is 14.9 Å². The Kier molecular flexibility index (Phi) is 7.67. The lowest BCUT2D eigenvalue weighted by Gasteiger charge is -2.14. The van der Waals surface area contributed by atoms with Crippen LogP contribution in [0.5, 0.6) is 11.5 Å². The van der Waals surface area contributed by atoms with Gasteiger partial charge in [0.25, 0.3) is 11.1 Å². The summed E-state index contributed by atoms with van der Waals surface area (Å²) in [5.41, 5.74) is -0.586. The summed E-state index contributed by atoms with van der Waals surface area (Å²) in [5, 5.41) is 1.34. The second kappa shape index (κ2) is 10.3. The SMILES string of the molecule is COC(=O)[C@H](Cc1ccc(Oc2ccc(/C=C3\SC(=O)NC3=O)c(C(F)(F)F)c2)cc1)NCl. The molecule has 2 aromatic carbocycles. The van der Waals surface area contributed by atoms with Crippen LogP contribution >= 0.6 is 23.5 Å². The van der Waals surface area contributed by atoms with Gasteiger partial charge in [-0.1, -0.05) is 18.2 Å². The highest BCUT2D eigenvalue weighted by atomic mass is 35.5. The van der Waals surface area contributed by atoms with Gasteiger partial charge in [0.1, 0.15) is 17.5 Å². The number of ether oxygens (including phenoxy) is 2. The van der Waals surface area contributed by atoms with Crippen molar-refractivity contribution in [3.05, 3.63) is 64.1 Å². The fourth-order valence-electron chi connectivity index (χ4n) is 2.91. The molecule has 12 heteroatoms. The highest BCUT2D eigenvalue weighted by molar-refractivity contribution is 8.18. The number of alkyl halides is 3. The van der Waals surface area contributed by atoms with Crippen LogP contribution in [0.1, 0.15) is 16.7 Å². The summed E-state index contributed by atoms with van der Waals surface area (Å²) in [6.07, 6.45) is -3.49. The third-order valence-corrected chi connectivity index (χ3v) is 5.55. The zero-order valence-electron chi connectivity index (χ0n) is 16.9. The molecule has 174 valence electrons. The van der Waals surface area contributed by atoms with E-state index in [4.69, 9.17) is 16.5 Å². The van der Waals surface area contributed by atoms with Gasteiger partial charge in [0.15, 0.2) is 0 Å². The Morgan fingerprint density at radius 3 is 2.39 bits per heavy atom. The molecule has 1 fully saturated rings. The van der Waals surface area contributed by atoms with E-state index in [1.807, 2.05) is 5.32 Å². The van der Waals surface area contributed by atoms with E-state index in [9.17, 15) is 27.6 Å². The zero-order valence-corrected chi connectivity index (χ0v) is 18.4. The van der Waals surface area contributed by atoms with E-state index >= 15 is 0 Å². The smallest absolute Gasteiger partial charge is 0.417 e. The van der Waals surface area contributed by atoms with Gasteiger partial charge in [0, 0.05) is 0 Å². The number of carbonyl (C=O) groups excluding carboxylic acids is 3. The average Bonchev–Trinajstić information content (AvgIpc) is 3.09. The molecule has 3 rings (SSSR count). The van der Waals surface area contributed by atoms with Crippen LogP contribution in [0.2, 0.25) is 0 Å². The molecule has 0 aromatic heterocycles. The summed E-state index contributed by atoms with van der Waals surface area (Å²) in [6.45, 7) is 0. The molecule has 0 unspecified atom stereocenters.